The summed E-state index contributed by atoms with van der Waals surface area (Å²) >= 11 is 1.23. The minimum atomic E-state index is -3.51. The molecule has 1 aliphatic heterocycles. The van der Waals surface area contributed by atoms with Gasteiger partial charge in [-0.15, -0.1) is 11.3 Å². The van der Waals surface area contributed by atoms with Crippen molar-refractivity contribution in [1.82, 2.24) is 4.31 Å². The van der Waals surface area contributed by atoms with Crippen LogP contribution in [0, 0.1) is 23.7 Å². The minimum Gasteiger partial charge on any atom is -0.326 e. The zero-order chi connectivity index (χ0) is 22.6. The first kappa shape index (κ1) is 21.8. The van der Waals surface area contributed by atoms with Crippen LogP contribution >= 0.6 is 11.3 Å². The van der Waals surface area contributed by atoms with Gasteiger partial charge in [0.1, 0.15) is 4.21 Å². The molecule has 5 aliphatic rings. The summed E-state index contributed by atoms with van der Waals surface area (Å²) in [5.74, 6) is 2.33. The van der Waals surface area contributed by atoms with Gasteiger partial charge in [0.05, 0.1) is 5.92 Å². The zero-order valence-corrected chi connectivity index (χ0v) is 20.5. The Morgan fingerprint density at radius 1 is 1.00 bits per heavy atom. The van der Waals surface area contributed by atoms with Gasteiger partial charge in [-0.3, -0.25) is 4.79 Å². The molecule has 1 amide bonds. The van der Waals surface area contributed by atoms with Crippen LogP contribution in [0.2, 0.25) is 0 Å². The number of carbonyl (C=O) groups excluding carboxylic acids is 1. The number of carbonyl (C=O) groups is 1. The van der Waals surface area contributed by atoms with Crippen molar-refractivity contribution in [1.29, 1.82) is 0 Å². The standard InChI is InChI=1S/C26H32N2O3S2/c29-25(21-3-1-9-28(17-21)33(30,31)24-4-2-10-32-24)27-23-7-5-22(6-8-23)26-14-18-11-19(15-26)13-20(12-18)16-26/h2,4-8,10,18-21H,1,3,9,11-17H2,(H,27,29). The van der Waals surface area contributed by atoms with E-state index in [0.717, 1.165) is 23.4 Å². The normalized spacial score (nSPS) is 33.8. The fourth-order valence-corrected chi connectivity index (χ4v) is 10.2. The quantitative estimate of drug-likeness (QED) is 0.630. The number of amides is 1. The molecule has 5 nitrogen and oxygen atoms in total. The number of piperidine rings is 1. The lowest BCUT2D eigenvalue weighted by molar-refractivity contribution is -0.120. The third-order valence-corrected chi connectivity index (χ3v) is 11.9. The second kappa shape index (κ2) is 8.21. The summed E-state index contributed by atoms with van der Waals surface area (Å²) in [6.07, 6.45) is 9.74. The van der Waals surface area contributed by atoms with E-state index >= 15 is 0 Å². The molecule has 176 valence electrons. The maximum Gasteiger partial charge on any atom is 0.252 e. The van der Waals surface area contributed by atoms with Gasteiger partial charge in [0.15, 0.2) is 0 Å². The highest BCUT2D eigenvalue weighted by Crippen LogP contribution is 2.60. The van der Waals surface area contributed by atoms with Crippen LogP contribution < -0.4 is 5.32 Å². The van der Waals surface area contributed by atoms with Gasteiger partial charge in [-0.05, 0) is 104 Å². The molecule has 1 aromatic heterocycles. The molecule has 1 aromatic carbocycles. The van der Waals surface area contributed by atoms with Crippen LogP contribution in [0.3, 0.4) is 0 Å². The van der Waals surface area contributed by atoms with Gasteiger partial charge in [0, 0.05) is 18.8 Å². The van der Waals surface area contributed by atoms with Gasteiger partial charge in [-0.1, -0.05) is 18.2 Å². The molecule has 2 aromatic rings. The van der Waals surface area contributed by atoms with E-state index in [0.29, 0.717) is 29.0 Å². The molecular weight excluding hydrogens is 452 g/mol. The first-order valence-corrected chi connectivity index (χ1v) is 14.7. The second-order valence-electron chi connectivity index (χ2n) is 10.9. The van der Waals surface area contributed by atoms with Gasteiger partial charge in [0.25, 0.3) is 10.0 Å². The topological polar surface area (TPSA) is 66.5 Å². The minimum absolute atomic E-state index is 0.0800. The summed E-state index contributed by atoms with van der Waals surface area (Å²) < 4.78 is 27.6. The van der Waals surface area contributed by atoms with Crippen molar-refractivity contribution >= 4 is 33.0 Å². The molecule has 5 fully saturated rings. The van der Waals surface area contributed by atoms with Crippen LogP contribution in [-0.4, -0.2) is 31.7 Å². The number of sulfonamides is 1. The smallest absolute Gasteiger partial charge is 0.252 e. The lowest BCUT2D eigenvalue weighted by Crippen LogP contribution is -2.48. The highest BCUT2D eigenvalue weighted by molar-refractivity contribution is 7.91. The number of benzene rings is 1. The average Bonchev–Trinajstić information content (AvgIpc) is 3.35. The number of nitrogens with zero attached hydrogens (tertiary/aromatic N) is 1. The van der Waals surface area contributed by atoms with E-state index in [1.165, 1.54) is 59.7 Å². The summed E-state index contributed by atoms with van der Waals surface area (Å²) in [6.45, 7) is 0.723. The van der Waals surface area contributed by atoms with Gasteiger partial charge in [-0.25, -0.2) is 8.42 Å². The van der Waals surface area contributed by atoms with Gasteiger partial charge >= 0.3 is 0 Å². The Labute approximate surface area is 200 Å². The Kier molecular flexibility index (Phi) is 5.42. The average molecular weight is 485 g/mol. The molecule has 1 atom stereocenters. The van der Waals surface area contributed by atoms with Crippen LogP contribution in [0.25, 0.3) is 0 Å². The molecule has 4 bridgehead atoms. The van der Waals surface area contributed by atoms with Crippen LogP contribution in [0.4, 0.5) is 5.69 Å². The van der Waals surface area contributed by atoms with Crippen molar-refractivity contribution in [2.45, 2.75) is 61.0 Å². The van der Waals surface area contributed by atoms with E-state index in [2.05, 4.69) is 29.6 Å². The third-order valence-electron chi connectivity index (χ3n) is 8.65. The molecule has 2 heterocycles. The number of anilines is 1. The monoisotopic (exact) mass is 484 g/mol. The van der Waals surface area contributed by atoms with Crippen LogP contribution in [0.5, 0.6) is 0 Å². The fourth-order valence-electron chi connectivity index (χ4n) is 7.53. The molecule has 7 heteroatoms. The summed E-state index contributed by atoms with van der Waals surface area (Å²) in [6, 6.07) is 12.0. The summed E-state index contributed by atoms with van der Waals surface area (Å²) in [7, 11) is -3.51. The summed E-state index contributed by atoms with van der Waals surface area (Å²) in [5.41, 5.74) is 2.62. The van der Waals surface area contributed by atoms with E-state index in [1.807, 2.05) is 0 Å². The highest BCUT2D eigenvalue weighted by atomic mass is 32.2. The molecule has 0 radical (unpaired) electrons. The molecule has 4 saturated carbocycles. The van der Waals surface area contributed by atoms with Crippen molar-refractivity contribution in [3.63, 3.8) is 0 Å². The Morgan fingerprint density at radius 2 is 1.67 bits per heavy atom. The van der Waals surface area contributed by atoms with Crippen LogP contribution in [-0.2, 0) is 20.2 Å². The van der Waals surface area contributed by atoms with E-state index < -0.39 is 10.0 Å². The molecule has 1 N–H and O–H groups in total. The van der Waals surface area contributed by atoms with Gasteiger partial charge in [-0.2, -0.15) is 4.31 Å². The number of nitrogens with one attached hydrogen (secondary N) is 1. The number of thiophene rings is 1. The van der Waals surface area contributed by atoms with Crippen molar-refractivity contribution in [3.05, 3.63) is 47.3 Å². The lowest BCUT2D eigenvalue weighted by atomic mass is 9.48. The van der Waals surface area contributed by atoms with E-state index in [-0.39, 0.29) is 18.4 Å². The molecule has 7 rings (SSSR count). The Hall–Kier alpha value is -1.70. The summed E-state index contributed by atoms with van der Waals surface area (Å²) in [5, 5.41) is 4.83. The molecular formula is C26H32N2O3S2. The van der Waals surface area contributed by atoms with E-state index in [4.69, 9.17) is 0 Å². The number of hydrogen-bond donors (Lipinski definition) is 1. The third kappa shape index (κ3) is 3.96. The van der Waals surface area contributed by atoms with Crippen molar-refractivity contribution in [2.75, 3.05) is 18.4 Å². The second-order valence-corrected chi connectivity index (χ2v) is 14.0. The molecule has 0 spiro atoms. The van der Waals surface area contributed by atoms with E-state index in [9.17, 15) is 13.2 Å². The SMILES string of the molecule is O=C(Nc1ccc(C23CC4CC(CC(C4)C2)C3)cc1)C1CCCN(S(=O)(=O)c2cccs2)C1. The fraction of sp³-hybridized carbons (Fsp3) is 0.577. The molecule has 1 saturated heterocycles. The van der Waals surface area contributed by atoms with Crippen molar-refractivity contribution in [2.24, 2.45) is 23.7 Å². The molecule has 1 unspecified atom stereocenters. The first-order valence-electron chi connectivity index (χ1n) is 12.4. The molecule has 33 heavy (non-hydrogen) atoms. The van der Waals surface area contributed by atoms with Gasteiger partial charge < -0.3 is 5.32 Å². The summed E-state index contributed by atoms with van der Waals surface area (Å²) in [4.78, 5) is 13.0. The largest absolute Gasteiger partial charge is 0.326 e. The molecule has 4 aliphatic carbocycles. The Morgan fingerprint density at radius 3 is 2.27 bits per heavy atom. The predicted octanol–water partition coefficient (Wildman–Crippen LogP) is 5.26. The Bertz CT molecular complexity index is 1090. The number of rotatable bonds is 5. The maximum atomic E-state index is 13.0. The van der Waals surface area contributed by atoms with Crippen molar-refractivity contribution in [3.8, 4) is 0 Å². The van der Waals surface area contributed by atoms with Crippen LogP contribution in [0.15, 0.2) is 46.0 Å². The van der Waals surface area contributed by atoms with Gasteiger partial charge in [0.2, 0.25) is 5.91 Å². The van der Waals surface area contributed by atoms with Crippen LogP contribution in [0.1, 0.15) is 56.9 Å². The predicted molar refractivity (Wildman–Crippen MR) is 131 cm³/mol. The van der Waals surface area contributed by atoms with E-state index in [1.54, 1.807) is 17.5 Å². The number of hydrogen-bond acceptors (Lipinski definition) is 4. The maximum absolute atomic E-state index is 13.0. The first-order chi connectivity index (χ1) is 15.9. The lowest BCUT2D eigenvalue weighted by Gasteiger charge is -2.57. The Balaban J connectivity index is 1.12. The highest BCUT2D eigenvalue weighted by Gasteiger charge is 2.51. The zero-order valence-electron chi connectivity index (χ0n) is 18.9. The van der Waals surface area contributed by atoms with Crippen molar-refractivity contribution < 1.29 is 13.2 Å².